The molecule has 0 saturated carbocycles. The number of carbonyl (C=O) groups is 1. The van der Waals surface area contributed by atoms with Gasteiger partial charge in [0.15, 0.2) is 11.0 Å². The molecule has 164 valence electrons. The van der Waals surface area contributed by atoms with E-state index in [1.165, 1.54) is 17.3 Å². The maximum Gasteiger partial charge on any atom is 0.234 e. The smallest absolute Gasteiger partial charge is 0.234 e. The summed E-state index contributed by atoms with van der Waals surface area (Å²) in [5.41, 5.74) is 2.07. The van der Waals surface area contributed by atoms with Gasteiger partial charge in [-0.1, -0.05) is 49.3 Å². The molecule has 0 fully saturated rings. The number of amides is 1. The van der Waals surface area contributed by atoms with Crippen molar-refractivity contribution in [2.45, 2.75) is 51.4 Å². The second kappa shape index (κ2) is 11.2. The molecule has 31 heavy (non-hydrogen) atoms. The standard InChI is InChI=1S/C23H27ClN4O2S/c1-4-16(3)17-6-10-19(11-7-17)25-22(29)15-31-23-27-26-21(28(23)5-2)14-30-20-12-8-18(24)9-13-20/h6-13,16H,4-5,14-15H2,1-3H3,(H,25,29). The van der Waals surface area contributed by atoms with Crippen molar-refractivity contribution < 1.29 is 9.53 Å². The zero-order valence-corrected chi connectivity index (χ0v) is 19.5. The number of thioether (sulfide) groups is 1. The first-order valence-corrected chi connectivity index (χ1v) is 11.7. The molecule has 8 heteroatoms. The largest absolute Gasteiger partial charge is 0.486 e. The fourth-order valence-electron chi connectivity index (χ4n) is 2.99. The van der Waals surface area contributed by atoms with Gasteiger partial charge in [-0.05, 0) is 61.2 Å². The van der Waals surface area contributed by atoms with E-state index in [0.29, 0.717) is 34.2 Å². The molecule has 0 radical (unpaired) electrons. The van der Waals surface area contributed by atoms with E-state index in [-0.39, 0.29) is 18.3 Å². The molecular formula is C23H27ClN4O2S. The Morgan fingerprint density at radius 1 is 1.13 bits per heavy atom. The highest BCUT2D eigenvalue weighted by atomic mass is 35.5. The lowest BCUT2D eigenvalue weighted by Crippen LogP contribution is -2.15. The average Bonchev–Trinajstić information content (AvgIpc) is 3.19. The number of carbonyl (C=O) groups excluding carboxylic acids is 1. The highest BCUT2D eigenvalue weighted by Gasteiger charge is 2.14. The van der Waals surface area contributed by atoms with E-state index in [9.17, 15) is 4.79 Å². The Kier molecular flexibility index (Phi) is 8.37. The van der Waals surface area contributed by atoms with Crippen molar-refractivity contribution in [3.63, 3.8) is 0 Å². The van der Waals surface area contributed by atoms with Gasteiger partial charge in [-0.2, -0.15) is 0 Å². The minimum atomic E-state index is -0.0779. The van der Waals surface area contributed by atoms with Gasteiger partial charge in [0.25, 0.3) is 0 Å². The summed E-state index contributed by atoms with van der Waals surface area (Å²) in [5.74, 6) is 2.11. The van der Waals surface area contributed by atoms with Crippen molar-refractivity contribution in [3.8, 4) is 5.75 Å². The molecule has 2 aromatic carbocycles. The number of ether oxygens (including phenoxy) is 1. The Labute approximate surface area is 192 Å². The molecule has 1 unspecified atom stereocenters. The van der Waals surface area contributed by atoms with Crippen LogP contribution in [0.4, 0.5) is 5.69 Å². The van der Waals surface area contributed by atoms with Crippen LogP contribution in [0, 0.1) is 0 Å². The minimum Gasteiger partial charge on any atom is -0.486 e. The van der Waals surface area contributed by atoms with Crippen molar-refractivity contribution in [2.75, 3.05) is 11.1 Å². The molecule has 1 N–H and O–H groups in total. The van der Waals surface area contributed by atoms with E-state index in [4.69, 9.17) is 16.3 Å². The van der Waals surface area contributed by atoms with E-state index < -0.39 is 0 Å². The molecule has 0 aliphatic rings. The average molecular weight is 459 g/mol. The quantitative estimate of drug-likeness (QED) is 0.390. The lowest BCUT2D eigenvalue weighted by molar-refractivity contribution is -0.113. The summed E-state index contributed by atoms with van der Waals surface area (Å²) in [7, 11) is 0. The lowest BCUT2D eigenvalue weighted by Gasteiger charge is -2.11. The molecule has 0 aliphatic heterocycles. The van der Waals surface area contributed by atoms with Gasteiger partial charge >= 0.3 is 0 Å². The molecule has 3 aromatic rings. The molecular weight excluding hydrogens is 432 g/mol. The molecule has 0 bridgehead atoms. The third-order valence-electron chi connectivity index (χ3n) is 5.00. The third-order valence-corrected chi connectivity index (χ3v) is 6.22. The van der Waals surface area contributed by atoms with Crippen LogP contribution in [-0.4, -0.2) is 26.4 Å². The molecule has 1 atom stereocenters. The zero-order valence-electron chi connectivity index (χ0n) is 18.0. The fraction of sp³-hybridized carbons (Fsp3) is 0.348. The Hall–Kier alpha value is -2.51. The predicted octanol–water partition coefficient (Wildman–Crippen LogP) is 5.77. The maximum absolute atomic E-state index is 12.4. The molecule has 6 nitrogen and oxygen atoms in total. The summed E-state index contributed by atoms with van der Waals surface area (Å²) in [6, 6.07) is 15.2. The molecule has 0 spiro atoms. The lowest BCUT2D eigenvalue weighted by atomic mass is 9.99. The van der Waals surface area contributed by atoms with Gasteiger partial charge < -0.3 is 14.6 Å². The van der Waals surface area contributed by atoms with Crippen molar-refractivity contribution in [1.82, 2.24) is 14.8 Å². The summed E-state index contributed by atoms with van der Waals surface area (Å²) in [6.45, 7) is 7.36. The third kappa shape index (κ3) is 6.48. The van der Waals surface area contributed by atoms with Crippen LogP contribution < -0.4 is 10.1 Å². The van der Waals surface area contributed by atoms with Crippen molar-refractivity contribution in [2.24, 2.45) is 0 Å². The number of nitrogens with zero attached hydrogens (tertiary/aromatic N) is 3. The van der Waals surface area contributed by atoms with E-state index in [0.717, 1.165) is 12.1 Å². The number of halogens is 1. The molecule has 0 saturated heterocycles. The Morgan fingerprint density at radius 3 is 2.48 bits per heavy atom. The first-order chi connectivity index (χ1) is 15.0. The van der Waals surface area contributed by atoms with Crippen molar-refractivity contribution in [3.05, 3.63) is 64.9 Å². The monoisotopic (exact) mass is 458 g/mol. The normalized spacial score (nSPS) is 11.9. The molecule has 3 rings (SSSR count). The van der Waals surface area contributed by atoms with Crippen LogP contribution in [0.5, 0.6) is 5.75 Å². The van der Waals surface area contributed by atoms with E-state index in [1.54, 1.807) is 12.1 Å². The Morgan fingerprint density at radius 2 is 1.84 bits per heavy atom. The number of rotatable bonds is 10. The van der Waals surface area contributed by atoms with Gasteiger partial charge in [0.05, 0.1) is 5.75 Å². The number of anilines is 1. The second-order valence-corrected chi connectivity index (χ2v) is 8.53. The van der Waals surface area contributed by atoms with Crippen molar-refractivity contribution >= 4 is 35.0 Å². The highest BCUT2D eigenvalue weighted by Crippen LogP contribution is 2.22. The van der Waals surface area contributed by atoms with Gasteiger partial charge in [0.1, 0.15) is 12.4 Å². The van der Waals surface area contributed by atoms with Crippen LogP contribution in [-0.2, 0) is 17.9 Å². The van der Waals surface area contributed by atoms with Crippen molar-refractivity contribution in [1.29, 1.82) is 0 Å². The van der Waals surface area contributed by atoms with Gasteiger partial charge in [0.2, 0.25) is 5.91 Å². The number of hydrogen-bond donors (Lipinski definition) is 1. The van der Waals surface area contributed by atoms with E-state index in [2.05, 4.69) is 41.5 Å². The SMILES string of the molecule is CCC(C)c1ccc(NC(=O)CSc2nnc(COc3ccc(Cl)cc3)n2CC)cc1. The Bertz CT molecular complexity index is 990. The molecule has 1 aromatic heterocycles. The van der Waals surface area contributed by atoms with Gasteiger partial charge in [-0.15, -0.1) is 10.2 Å². The van der Waals surface area contributed by atoms with Crippen LogP contribution in [0.25, 0.3) is 0 Å². The molecule has 1 amide bonds. The summed E-state index contributed by atoms with van der Waals surface area (Å²) < 4.78 is 7.72. The molecule has 0 aliphatic carbocycles. The maximum atomic E-state index is 12.4. The van der Waals surface area contributed by atoms with Crippen LogP contribution in [0.15, 0.2) is 53.7 Å². The highest BCUT2D eigenvalue weighted by molar-refractivity contribution is 7.99. The summed E-state index contributed by atoms with van der Waals surface area (Å²) in [4.78, 5) is 12.4. The summed E-state index contributed by atoms with van der Waals surface area (Å²) in [5, 5.41) is 12.7. The minimum absolute atomic E-state index is 0.0779. The predicted molar refractivity (Wildman–Crippen MR) is 126 cm³/mol. The Balaban J connectivity index is 1.53. The number of hydrogen-bond acceptors (Lipinski definition) is 5. The van der Waals surface area contributed by atoms with Crippen LogP contribution in [0.1, 0.15) is 44.5 Å². The topological polar surface area (TPSA) is 69.0 Å². The number of benzene rings is 2. The molecule has 1 heterocycles. The van der Waals surface area contributed by atoms with Gasteiger partial charge in [0, 0.05) is 17.3 Å². The zero-order chi connectivity index (χ0) is 22.2. The van der Waals surface area contributed by atoms with Crippen LogP contribution in [0.3, 0.4) is 0 Å². The first kappa shape index (κ1) is 23.2. The van der Waals surface area contributed by atoms with Gasteiger partial charge in [-0.25, -0.2) is 0 Å². The second-order valence-electron chi connectivity index (χ2n) is 7.15. The van der Waals surface area contributed by atoms with Crippen LogP contribution >= 0.6 is 23.4 Å². The van der Waals surface area contributed by atoms with E-state index >= 15 is 0 Å². The number of aromatic nitrogens is 3. The summed E-state index contributed by atoms with van der Waals surface area (Å²) >= 11 is 7.26. The van der Waals surface area contributed by atoms with Gasteiger partial charge in [-0.3, -0.25) is 4.79 Å². The van der Waals surface area contributed by atoms with Crippen LogP contribution in [0.2, 0.25) is 5.02 Å². The first-order valence-electron chi connectivity index (χ1n) is 10.3. The number of nitrogens with one attached hydrogen (secondary N) is 1. The fourth-order valence-corrected chi connectivity index (χ4v) is 3.93. The van der Waals surface area contributed by atoms with E-state index in [1.807, 2.05) is 35.8 Å². The summed E-state index contributed by atoms with van der Waals surface area (Å²) in [6.07, 6.45) is 1.09.